The van der Waals surface area contributed by atoms with Gasteiger partial charge in [0, 0.05) is 43.8 Å². The summed E-state index contributed by atoms with van der Waals surface area (Å²) in [5, 5.41) is 7.50. The van der Waals surface area contributed by atoms with Crippen LogP contribution in [0, 0.1) is 0 Å². The van der Waals surface area contributed by atoms with Gasteiger partial charge in [0.2, 0.25) is 5.36 Å². The molecular weight excluding hydrogens is 492 g/mol. The third-order valence-electron chi connectivity index (χ3n) is 6.41. The van der Waals surface area contributed by atoms with Crippen LogP contribution in [0.4, 0.5) is 10.5 Å². The lowest BCUT2D eigenvalue weighted by Gasteiger charge is -2.19. The molecule has 1 aromatic rings. The van der Waals surface area contributed by atoms with Gasteiger partial charge < -0.3 is 15.4 Å². The highest BCUT2D eigenvalue weighted by Gasteiger charge is 2.15. The van der Waals surface area contributed by atoms with Crippen LogP contribution in [0.2, 0.25) is 0 Å². The third-order valence-corrected chi connectivity index (χ3v) is 7.51. The van der Waals surface area contributed by atoms with E-state index in [2.05, 4.69) is 59.4 Å². The largest absolute Gasteiger partial charge is 0.444 e. The molecule has 2 aliphatic rings. The maximum atomic E-state index is 11.8. The van der Waals surface area contributed by atoms with Crippen molar-refractivity contribution >= 4 is 33.3 Å². The normalized spacial score (nSPS) is 11.6. The zero-order valence-corrected chi connectivity index (χ0v) is 24.9. The van der Waals surface area contributed by atoms with Gasteiger partial charge in [-0.25, -0.2) is 14.4 Å². The van der Waals surface area contributed by atoms with Crippen molar-refractivity contribution in [2.45, 2.75) is 91.6 Å². The van der Waals surface area contributed by atoms with Crippen LogP contribution in [-0.4, -0.2) is 42.9 Å². The van der Waals surface area contributed by atoms with Crippen LogP contribution < -0.4 is 20.6 Å². The van der Waals surface area contributed by atoms with Gasteiger partial charge in [0.25, 0.3) is 0 Å². The molecule has 0 spiro atoms. The van der Waals surface area contributed by atoms with Crippen molar-refractivity contribution in [1.29, 1.82) is 0 Å². The Morgan fingerprint density at radius 2 is 1.63 bits per heavy atom. The number of hydrogen-bond donors (Lipinski definition) is 2. The molecule has 0 atom stereocenters. The van der Waals surface area contributed by atoms with Crippen LogP contribution in [0.3, 0.4) is 0 Å². The molecule has 7 heteroatoms. The first-order valence-corrected chi connectivity index (χ1v) is 15.2. The number of amides is 1. The average Bonchev–Trinajstić information content (AvgIpc) is 2.87. The maximum absolute atomic E-state index is 11.8. The van der Waals surface area contributed by atoms with E-state index in [1.54, 1.807) is 11.3 Å². The van der Waals surface area contributed by atoms with Gasteiger partial charge in [-0.2, -0.15) is 0 Å². The molecule has 0 saturated heterocycles. The number of carbonyl (C=O) groups is 1. The van der Waals surface area contributed by atoms with Crippen LogP contribution in [0.25, 0.3) is 20.8 Å². The lowest BCUT2D eigenvalue weighted by molar-refractivity contribution is 0.0530. The molecular formula is C31H47N4O2S+. The summed E-state index contributed by atoms with van der Waals surface area (Å²) in [6.45, 7) is 13.5. The zero-order chi connectivity index (χ0) is 27.4. The van der Waals surface area contributed by atoms with Crippen molar-refractivity contribution in [3.05, 3.63) is 41.8 Å². The Bertz CT molecular complexity index is 1180. The standard InChI is InChI=1S/C31H46N4O2S/c1-6-8-10-12-20-35(21-13-11-9-7-2)25-15-17-27-29(23-25)38-28-22-24(14-16-26(28)34-27)32-18-19-33-30(36)37-31(3,4)5/h14-17,22-23H,6-13,18-21H2,1-5H3,(H,33,36)/p+1. The number of carbonyl (C=O) groups excluding carboxylic acids is 1. The van der Waals surface area contributed by atoms with Gasteiger partial charge in [-0.3, -0.25) is 0 Å². The van der Waals surface area contributed by atoms with Crippen molar-refractivity contribution in [1.82, 2.24) is 14.9 Å². The van der Waals surface area contributed by atoms with Crippen LogP contribution in [0.15, 0.2) is 36.4 Å². The summed E-state index contributed by atoms with van der Waals surface area (Å²) >= 11 is 1.79. The number of rotatable bonds is 14. The summed E-state index contributed by atoms with van der Waals surface area (Å²) in [5.41, 5.74) is 2.58. The molecule has 0 fully saturated rings. The lowest BCUT2D eigenvalue weighted by Crippen LogP contribution is -2.34. The third kappa shape index (κ3) is 9.90. The number of hydrogen-bond acceptors (Lipinski definition) is 5. The Hall–Kier alpha value is -2.67. The fourth-order valence-corrected chi connectivity index (χ4v) is 5.47. The molecule has 0 aromatic heterocycles. The van der Waals surface area contributed by atoms with E-state index in [1.807, 2.05) is 26.8 Å². The van der Waals surface area contributed by atoms with Crippen molar-refractivity contribution in [3.8, 4) is 10.6 Å². The fraction of sp³-hybridized carbons (Fsp3) is 0.581. The Balaban J connectivity index is 1.75. The van der Waals surface area contributed by atoms with Gasteiger partial charge in [0.15, 0.2) is 0 Å². The summed E-state index contributed by atoms with van der Waals surface area (Å²) in [7, 11) is 0. The minimum Gasteiger partial charge on any atom is -0.444 e. The molecule has 1 amide bonds. The van der Waals surface area contributed by atoms with Gasteiger partial charge in [0.05, 0.1) is 20.8 Å². The van der Waals surface area contributed by atoms with Crippen molar-refractivity contribution in [2.24, 2.45) is 0 Å². The number of nitrogens with one attached hydrogen (secondary N) is 2. The molecule has 0 bridgehead atoms. The predicted octanol–water partition coefficient (Wildman–Crippen LogP) is 7.27. The van der Waals surface area contributed by atoms with Crippen LogP contribution in [-0.2, 0) is 4.74 Å². The van der Waals surface area contributed by atoms with E-state index in [0.29, 0.717) is 13.1 Å². The average molecular weight is 540 g/mol. The number of benzene rings is 2. The van der Waals surface area contributed by atoms with Crippen LogP contribution >= 0.6 is 11.3 Å². The first kappa shape index (κ1) is 29.9. The molecule has 1 aliphatic carbocycles. The quantitative estimate of drug-likeness (QED) is 0.128. The number of anilines is 1. The SMILES string of the molecule is CCCCCC[N+](CCCCCC)=c1ccc2nc3ccc(NCCNC(=O)OC(C)(C)C)cc3sc-2c1. The molecule has 208 valence electrons. The minimum absolute atomic E-state index is 0.392. The van der Waals surface area contributed by atoms with Crippen molar-refractivity contribution in [3.63, 3.8) is 0 Å². The number of nitrogens with zero attached hydrogens (tertiary/aromatic N) is 2. The highest BCUT2D eigenvalue weighted by atomic mass is 32.1. The highest BCUT2D eigenvalue weighted by Crippen LogP contribution is 2.31. The molecule has 6 nitrogen and oxygen atoms in total. The van der Waals surface area contributed by atoms with Crippen LogP contribution in [0.1, 0.15) is 86.0 Å². The molecule has 0 unspecified atom stereocenters. The predicted molar refractivity (Wildman–Crippen MR) is 162 cm³/mol. The Morgan fingerprint density at radius 1 is 0.921 bits per heavy atom. The topological polar surface area (TPSA) is 66.3 Å². The molecule has 1 aromatic carbocycles. The lowest BCUT2D eigenvalue weighted by atomic mass is 10.1. The van der Waals surface area contributed by atoms with Gasteiger partial charge in [0.1, 0.15) is 18.7 Å². The van der Waals surface area contributed by atoms with Gasteiger partial charge >= 0.3 is 6.09 Å². The van der Waals surface area contributed by atoms with E-state index < -0.39 is 11.7 Å². The summed E-state index contributed by atoms with van der Waals surface area (Å²) in [6, 6.07) is 13.0. The Labute approximate surface area is 232 Å². The summed E-state index contributed by atoms with van der Waals surface area (Å²) in [6.07, 6.45) is 9.86. The van der Waals surface area contributed by atoms with E-state index in [1.165, 1.54) is 61.6 Å². The summed E-state index contributed by atoms with van der Waals surface area (Å²) < 4.78 is 9.02. The molecule has 38 heavy (non-hydrogen) atoms. The van der Waals surface area contributed by atoms with E-state index in [0.717, 1.165) is 34.7 Å². The first-order chi connectivity index (χ1) is 18.3. The second-order valence-corrected chi connectivity index (χ2v) is 12.1. The molecule has 2 N–H and O–H groups in total. The molecule has 1 aliphatic heterocycles. The summed E-state index contributed by atoms with van der Waals surface area (Å²) in [5.74, 6) is 0. The number of aromatic nitrogens is 1. The van der Waals surface area contributed by atoms with Crippen LogP contribution in [0.5, 0.6) is 0 Å². The number of unbranched alkanes of at least 4 members (excludes halogenated alkanes) is 6. The Morgan fingerprint density at radius 3 is 2.29 bits per heavy atom. The number of fused-ring (bicyclic) bond motifs is 2. The second-order valence-electron chi connectivity index (χ2n) is 11.0. The molecule has 1 heterocycles. The second kappa shape index (κ2) is 15.1. The van der Waals surface area contributed by atoms with Crippen molar-refractivity contribution < 1.29 is 9.53 Å². The number of ether oxygens (including phenoxy) is 1. The minimum atomic E-state index is -0.492. The van der Waals surface area contributed by atoms with Gasteiger partial charge in [-0.15, -0.1) is 11.3 Å². The zero-order valence-electron chi connectivity index (χ0n) is 24.1. The number of alkyl carbamates (subject to hydrolysis) is 1. The molecule has 0 saturated carbocycles. The first-order valence-electron chi connectivity index (χ1n) is 14.4. The van der Waals surface area contributed by atoms with Gasteiger partial charge in [-0.1, -0.05) is 39.5 Å². The van der Waals surface area contributed by atoms with E-state index in [9.17, 15) is 4.79 Å². The highest BCUT2D eigenvalue weighted by molar-refractivity contribution is 7.21. The molecule has 3 rings (SSSR count). The summed E-state index contributed by atoms with van der Waals surface area (Å²) in [4.78, 5) is 18.0. The van der Waals surface area contributed by atoms with E-state index >= 15 is 0 Å². The maximum Gasteiger partial charge on any atom is 0.407 e. The van der Waals surface area contributed by atoms with Crippen molar-refractivity contribution in [2.75, 3.05) is 31.5 Å². The fourth-order valence-electron chi connectivity index (χ4n) is 4.43. The smallest absolute Gasteiger partial charge is 0.407 e. The van der Waals surface area contributed by atoms with E-state index in [4.69, 9.17) is 9.72 Å². The monoisotopic (exact) mass is 539 g/mol. The van der Waals surface area contributed by atoms with Gasteiger partial charge in [-0.05, 0) is 57.9 Å². The van der Waals surface area contributed by atoms with E-state index in [-0.39, 0.29) is 0 Å². The Kier molecular flexibility index (Phi) is 11.8. The molecule has 0 radical (unpaired) electrons.